The number of rotatable bonds is 5. The SMILES string of the molecule is CC(C#N)c1ccc(C(Cc2ccccc2)C(=O)O)cc1. The fourth-order valence-electron chi connectivity index (χ4n) is 2.29. The maximum absolute atomic E-state index is 11.5. The second-order valence-corrected chi connectivity index (χ2v) is 5.10. The van der Waals surface area contributed by atoms with Gasteiger partial charge in [-0.2, -0.15) is 5.26 Å². The number of hydrogen-bond donors (Lipinski definition) is 1. The third-order valence-electron chi connectivity index (χ3n) is 3.61. The lowest BCUT2D eigenvalue weighted by molar-refractivity contribution is -0.138. The summed E-state index contributed by atoms with van der Waals surface area (Å²) in [6.07, 6.45) is 0.462. The molecule has 21 heavy (non-hydrogen) atoms. The summed E-state index contributed by atoms with van der Waals surface area (Å²) in [5.74, 6) is -1.59. The van der Waals surface area contributed by atoms with Crippen molar-refractivity contribution in [3.63, 3.8) is 0 Å². The van der Waals surface area contributed by atoms with Gasteiger partial charge in [0.1, 0.15) is 0 Å². The Morgan fingerprint density at radius 3 is 2.19 bits per heavy atom. The van der Waals surface area contributed by atoms with Gasteiger partial charge in [0.2, 0.25) is 0 Å². The van der Waals surface area contributed by atoms with Crippen LogP contribution in [-0.2, 0) is 11.2 Å². The molecule has 2 atom stereocenters. The van der Waals surface area contributed by atoms with Crippen LogP contribution < -0.4 is 0 Å². The average molecular weight is 279 g/mol. The lowest BCUT2D eigenvalue weighted by Crippen LogP contribution is -2.14. The van der Waals surface area contributed by atoms with Gasteiger partial charge in [0.15, 0.2) is 0 Å². The average Bonchev–Trinajstić information content (AvgIpc) is 2.53. The first-order valence-electron chi connectivity index (χ1n) is 6.88. The third kappa shape index (κ3) is 3.70. The fraction of sp³-hybridized carbons (Fsp3) is 0.222. The Balaban J connectivity index is 2.23. The first-order valence-corrected chi connectivity index (χ1v) is 6.88. The van der Waals surface area contributed by atoms with Crippen LogP contribution in [0.5, 0.6) is 0 Å². The molecule has 2 rings (SSSR count). The van der Waals surface area contributed by atoms with Gasteiger partial charge < -0.3 is 5.11 Å². The van der Waals surface area contributed by atoms with Crippen molar-refractivity contribution < 1.29 is 9.90 Å². The molecule has 0 spiro atoms. The highest BCUT2D eigenvalue weighted by atomic mass is 16.4. The van der Waals surface area contributed by atoms with Gasteiger partial charge in [-0.3, -0.25) is 4.79 Å². The van der Waals surface area contributed by atoms with Crippen LogP contribution in [0.15, 0.2) is 54.6 Å². The van der Waals surface area contributed by atoms with Crippen LogP contribution >= 0.6 is 0 Å². The maximum Gasteiger partial charge on any atom is 0.311 e. The molecule has 2 aromatic rings. The van der Waals surface area contributed by atoms with E-state index < -0.39 is 11.9 Å². The molecule has 0 radical (unpaired) electrons. The number of aliphatic carboxylic acids is 1. The van der Waals surface area contributed by atoms with E-state index in [1.807, 2.05) is 61.5 Å². The van der Waals surface area contributed by atoms with Gasteiger partial charge in [-0.25, -0.2) is 0 Å². The van der Waals surface area contributed by atoms with Crippen LogP contribution in [0.25, 0.3) is 0 Å². The molecule has 0 bridgehead atoms. The normalized spacial score (nSPS) is 13.1. The molecule has 0 saturated heterocycles. The van der Waals surface area contributed by atoms with Crippen molar-refractivity contribution in [1.82, 2.24) is 0 Å². The molecular formula is C18H17NO2. The zero-order valence-electron chi connectivity index (χ0n) is 11.9. The van der Waals surface area contributed by atoms with Crippen molar-refractivity contribution in [1.29, 1.82) is 5.26 Å². The zero-order valence-corrected chi connectivity index (χ0v) is 11.9. The van der Waals surface area contributed by atoms with Gasteiger partial charge in [0, 0.05) is 0 Å². The summed E-state index contributed by atoms with van der Waals surface area (Å²) < 4.78 is 0. The smallest absolute Gasteiger partial charge is 0.311 e. The monoisotopic (exact) mass is 279 g/mol. The molecule has 0 aromatic heterocycles. The molecule has 0 aliphatic heterocycles. The summed E-state index contributed by atoms with van der Waals surface area (Å²) in [5.41, 5.74) is 2.67. The molecule has 2 unspecified atom stereocenters. The summed E-state index contributed by atoms with van der Waals surface area (Å²) in [4.78, 5) is 11.5. The van der Waals surface area contributed by atoms with Crippen LogP contribution in [0.3, 0.4) is 0 Å². The number of nitriles is 1. The second-order valence-electron chi connectivity index (χ2n) is 5.10. The van der Waals surface area contributed by atoms with E-state index in [2.05, 4.69) is 6.07 Å². The molecule has 106 valence electrons. The van der Waals surface area contributed by atoms with Gasteiger partial charge in [-0.05, 0) is 30.0 Å². The molecule has 3 heteroatoms. The Morgan fingerprint density at radius 1 is 1.10 bits per heavy atom. The second kappa shape index (κ2) is 6.71. The van der Waals surface area contributed by atoms with Gasteiger partial charge in [0.05, 0.1) is 17.9 Å². The first-order chi connectivity index (χ1) is 10.1. The van der Waals surface area contributed by atoms with E-state index in [1.54, 1.807) is 0 Å². The third-order valence-corrected chi connectivity index (χ3v) is 3.61. The van der Waals surface area contributed by atoms with Crippen LogP contribution in [-0.4, -0.2) is 11.1 Å². The minimum Gasteiger partial charge on any atom is -0.481 e. The van der Waals surface area contributed by atoms with Gasteiger partial charge >= 0.3 is 5.97 Å². The molecule has 0 fully saturated rings. The fourth-order valence-corrected chi connectivity index (χ4v) is 2.29. The van der Waals surface area contributed by atoms with Crippen LogP contribution in [0, 0.1) is 11.3 Å². The highest BCUT2D eigenvalue weighted by Crippen LogP contribution is 2.24. The van der Waals surface area contributed by atoms with Crippen molar-refractivity contribution in [3.8, 4) is 6.07 Å². The lowest BCUT2D eigenvalue weighted by Gasteiger charge is -2.14. The van der Waals surface area contributed by atoms with E-state index in [1.165, 1.54) is 0 Å². The topological polar surface area (TPSA) is 61.1 Å². The quantitative estimate of drug-likeness (QED) is 0.907. The van der Waals surface area contributed by atoms with E-state index in [9.17, 15) is 9.90 Å². The largest absolute Gasteiger partial charge is 0.481 e. The van der Waals surface area contributed by atoms with Gasteiger partial charge in [-0.15, -0.1) is 0 Å². The molecule has 1 N–H and O–H groups in total. The predicted molar refractivity (Wildman–Crippen MR) is 81.0 cm³/mol. The summed E-state index contributed by atoms with van der Waals surface area (Å²) in [6.45, 7) is 1.83. The van der Waals surface area contributed by atoms with E-state index in [-0.39, 0.29) is 5.92 Å². The summed E-state index contributed by atoms with van der Waals surface area (Å²) in [7, 11) is 0. The molecule has 0 saturated carbocycles. The number of carboxylic acids is 1. The highest BCUT2D eigenvalue weighted by Gasteiger charge is 2.20. The van der Waals surface area contributed by atoms with Crippen molar-refractivity contribution in [2.24, 2.45) is 0 Å². The van der Waals surface area contributed by atoms with Crippen molar-refractivity contribution in [3.05, 3.63) is 71.3 Å². The Bertz CT molecular complexity index is 641. The number of carbonyl (C=O) groups is 1. The molecule has 0 amide bonds. The number of benzene rings is 2. The van der Waals surface area contributed by atoms with Crippen molar-refractivity contribution >= 4 is 5.97 Å². The minimum atomic E-state index is -0.833. The Hall–Kier alpha value is -2.60. The van der Waals surface area contributed by atoms with Gasteiger partial charge in [0.25, 0.3) is 0 Å². The Kier molecular flexibility index (Phi) is 4.73. The van der Waals surface area contributed by atoms with E-state index in [0.717, 1.165) is 16.7 Å². The zero-order chi connectivity index (χ0) is 15.2. The molecule has 0 heterocycles. The summed E-state index contributed by atoms with van der Waals surface area (Å²) in [5, 5.41) is 18.4. The van der Waals surface area contributed by atoms with E-state index in [0.29, 0.717) is 6.42 Å². The Morgan fingerprint density at radius 2 is 1.67 bits per heavy atom. The van der Waals surface area contributed by atoms with E-state index in [4.69, 9.17) is 5.26 Å². The molecule has 3 nitrogen and oxygen atoms in total. The molecular weight excluding hydrogens is 262 g/mol. The van der Waals surface area contributed by atoms with Crippen molar-refractivity contribution in [2.45, 2.75) is 25.2 Å². The minimum absolute atomic E-state index is 0.184. The molecule has 2 aromatic carbocycles. The highest BCUT2D eigenvalue weighted by molar-refractivity contribution is 5.76. The lowest BCUT2D eigenvalue weighted by atomic mass is 9.90. The van der Waals surface area contributed by atoms with Crippen LogP contribution in [0.4, 0.5) is 0 Å². The van der Waals surface area contributed by atoms with Crippen LogP contribution in [0.2, 0.25) is 0 Å². The molecule has 0 aliphatic carbocycles. The number of nitrogens with zero attached hydrogens (tertiary/aromatic N) is 1. The first kappa shape index (κ1) is 14.8. The number of hydrogen-bond acceptors (Lipinski definition) is 2. The van der Waals surface area contributed by atoms with E-state index >= 15 is 0 Å². The van der Waals surface area contributed by atoms with Crippen LogP contribution in [0.1, 0.15) is 35.4 Å². The standard InChI is InChI=1S/C18H17NO2/c1-13(12-19)15-7-9-16(10-8-15)17(18(20)21)11-14-5-3-2-4-6-14/h2-10,13,17H,11H2,1H3,(H,20,21). The Labute approximate surface area is 124 Å². The van der Waals surface area contributed by atoms with Gasteiger partial charge in [-0.1, -0.05) is 54.6 Å². The molecule has 0 aliphatic rings. The summed E-state index contributed by atoms with van der Waals surface area (Å²) >= 11 is 0. The predicted octanol–water partition coefficient (Wildman–Crippen LogP) is 3.72. The maximum atomic E-state index is 11.5. The van der Waals surface area contributed by atoms with Crippen molar-refractivity contribution in [2.75, 3.05) is 0 Å². The summed E-state index contributed by atoms with van der Waals surface area (Å²) in [6, 6.07) is 19.1. The number of carboxylic acid groups (broad SMARTS) is 1.